The lowest BCUT2D eigenvalue weighted by molar-refractivity contribution is 0.0617. The highest BCUT2D eigenvalue weighted by molar-refractivity contribution is 5.06. The first kappa shape index (κ1) is 8.78. The summed E-state index contributed by atoms with van der Waals surface area (Å²) in [6.07, 6.45) is 3.80. The predicted octanol–water partition coefficient (Wildman–Crippen LogP) is 0.638. The van der Waals surface area contributed by atoms with Crippen LogP contribution in [0, 0.1) is 0 Å². The fourth-order valence-electron chi connectivity index (χ4n) is 1.68. The Bertz CT molecular complexity index is 276. The Labute approximate surface area is 78.4 Å². The van der Waals surface area contributed by atoms with Crippen LogP contribution in [0.3, 0.4) is 0 Å². The van der Waals surface area contributed by atoms with Gasteiger partial charge in [0.05, 0.1) is 6.10 Å². The average Bonchev–Trinajstić information content (AvgIpc) is 2.43. The quantitative estimate of drug-likeness (QED) is 0.716. The van der Waals surface area contributed by atoms with Gasteiger partial charge in [-0.05, 0) is 25.0 Å². The van der Waals surface area contributed by atoms with Crippen LogP contribution in [0.1, 0.15) is 18.5 Å². The molecule has 2 rings (SSSR count). The van der Waals surface area contributed by atoms with Crippen molar-refractivity contribution in [2.24, 2.45) is 7.05 Å². The Morgan fingerprint density at radius 2 is 2.38 bits per heavy atom. The minimum absolute atomic E-state index is 0.0640. The monoisotopic (exact) mass is 180 g/mol. The van der Waals surface area contributed by atoms with E-state index in [2.05, 4.69) is 16.0 Å². The maximum Gasteiger partial charge on any atom is 0.0570 e. The summed E-state index contributed by atoms with van der Waals surface area (Å²) in [5.41, 5.74) is 1.29. The van der Waals surface area contributed by atoms with E-state index < -0.39 is 0 Å². The number of aliphatic hydroxyl groups is 1. The summed E-state index contributed by atoms with van der Waals surface area (Å²) in [6, 6.07) is 4.68. The number of aryl methyl sites for hydroxylation is 1. The lowest BCUT2D eigenvalue weighted by Gasteiger charge is -2.32. The molecule has 0 unspecified atom stereocenters. The van der Waals surface area contributed by atoms with Gasteiger partial charge >= 0.3 is 0 Å². The second kappa shape index (κ2) is 3.52. The molecular formula is C10H16N2O. The van der Waals surface area contributed by atoms with Gasteiger partial charge in [0.1, 0.15) is 0 Å². The molecule has 0 aromatic carbocycles. The normalized spacial score (nSPS) is 27.2. The lowest BCUT2D eigenvalue weighted by Crippen LogP contribution is -2.43. The summed E-state index contributed by atoms with van der Waals surface area (Å²) < 4.78 is 2.11. The van der Waals surface area contributed by atoms with Crippen LogP contribution in [0.25, 0.3) is 0 Å². The molecule has 0 amide bonds. The van der Waals surface area contributed by atoms with Gasteiger partial charge < -0.3 is 15.0 Å². The number of hydrogen-bond acceptors (Lipinski definition) is 2. The van der Waals surface area contributed by atoms with E-state index in [1.54, 1.807) is 0 Å². The fourth-order valence-corrected chi connectivity index (χ4v) is 1.68. The molecule has 1 saturated carbocycles. The topological polar surface area (TPSA) is 37.2 Å². The molecular weight excluding hydrogens is 164 g/mol. The van der Waals surface area contributed by atoms with Crippen molar-refractivity contribution >= 4 is 0 Å². The molecule has 1 aromatic rings. The molecule has 1 heterocycles. The molecule has 3 heteroatoms. The van der Waals surface area contributed by atoms with Crippen molar-refractivity contribution in [3.63, 3.8) is 0 Å². The number of rotatable bonds is 3. The van der Waals surface area contributed by atoms with Crippen LogP contribution in [0.4, 0.5) is 0 Å². The molecule has 72 valence electrons. The van der Waals surface area contributed by atoms with Crippen molar-refractivity contribution in [2.75, 3.05) is 0 Å². The highest BCUT2D eigenvalue weighted by atomic mass is 16.3. The van der Waals surface area contributed by atoms with Gasteiger partial charge in [-0.1, -0.05) is 0 Å². The van der Waals surface area contributed by atoms with Crippen LogP contribution in [-0.4, -0.2) is 21.8 Å². The van der Waals surface area contributed by atoms with Gasteiger partial charge in [0, 0.05) is 31.5 Å². The van der Waals surface area contributed by atoms with E-state index in [4.69, 9.17) is 5.11 Å². The van der Waals surface area contributed by atoms with Gasteiger partial charge in [-0.3, -0.25) is 0 Å². The van der Waals surface area contributed by atoms with Gasteiger partial charge in [0.25, 0.3) is 0 Å². The summed E-state index contributed by atoms with van der Waals surface area (Å²) in [6.45, 7) is 0.904. The van der Waals surface area contributed by atoms with Crippen molar-refractivity contribution < 1.29 is 5.11 Å². The molecule has 1 aliphatic carbocycles. The minimum atomic E-state index is -0.0640. The molecule has 0 aliphatic heterocycles. The maximum absolute atomic E-state index is 9.08. The average molecular weight is 180 g/mol. The number of nitrogens with one attached hydrogen (secondary N) is 1. The largest absolute Gasteiger partial charge is 0.393 e. The molecule has 0 bridgehead atoms. The molecule has 1 aliphatic rings. The molecule has 0 spiro atoms. The number of aromatic nitrogens is 1. The van der Waals surface area contributed by atoms with Crippen molar-refractivity contribution in [3.8, 4) is 0 Å². The van der Waals surface area contributed by atoms with E-state index in [0.29, 0.717) is 6.04 Å². The Balaban J connectivity index is 1.77. The van der Waals surface area contributed by atoms with E-state index >= 15 is 0 Å². The number of nitrogens with zero attached hydrogens (tertiary/aromatic N) is 1. The molecule has 0 radical (unpaired) electrons. The first-order valence-electron chi connectivity index (χ1n) is 4.77. The van der Waals surface area contributed by atoms with Crippen LogP contribution in [-0.2, 0) is 13.6 Å². The van der Waals surface area contributed by atoms with Crippen LogP contribution in [0.5, 0.6) is 0 Å². The van der Waals surface area contributed by atoms with Gasteiger partial charge in [-0.15, -0.1) is 0 Å². The fraction of sp³-hybridized carbons (Fsp3) is 0.600. The van der Waals surface area contributed by atoms with Crippen molar-refractivity contribution in [1.82, 2.24) is 9.88 Å². The van der Waals surface area contributed by atoms with Crippen molar-refractivity contribution in [2.45, 2.75) is 31.5 Å². The molecule has 1 fully saturated rings. The number of aliphatic hydroxyl groups excluding tert-OH is 1. The van der Waals surface area contributed by atoms with Crippen LogP contribution in [0.15, 0.2) is 18.3 Å². The van der Waals surface area contributed by atoms with E-state index in [1.165, 1.54) is 5.69 Å². The Morgan fingerprint density at radius 3 is 2.92 bits per heavy atom. The molecule has 0 saturated heterocycles. The Morgan fingerprint density at radius 1 is 1.62 bits per heavy atom. The highest BCUT2D eigenvalue weighted by Gasteiger charge is 2.26. The highest BCUT2D eigenvalue weighted by Crippen LogP contribution is 2.19. The third-order valence-electron chi connectivity index (χ3n) is 2.74. The Hall–Kier alpha value is -0.800. The molecule has 1 aromatic heterocycles. The third-order valence-corrected chi connectivity index (χ3v) is 2.74. The minimum Gasteiger partial charge on any atom is -0.393 e. The zero-order valence-electron chi connectivity index (χ0n) is 7.90. The summed E-state index contributed by atoms with van der Waals surface area (Å²) in [7, 11) is 2.05. The second-order valence-corrected chi connectivity index (χ2v) is 3.81. The standard InChI is InChI=1S/C10H16N2O/c1-12-4-2-3-9(12)7-11-8-5-10(13)6-8/h2-4,8,10-11,13H,5-7H2,1H3. The van der Waals surface area contributed by atoms with Crippen LogP contribution < -0.4 is 5.32 Å². The molecule has 0 atom stereocenters. The van der Waals surface area contributed by atoms with E-state index in [9.17, 15) is 0 Å². The smallest absolute Gasteiger partial charge is 0.0570 e. The van der Waals surface area contributed by atoms with E-state index in [-0.39, 0.29) is 6.10 Å². The molecule has 3 nitrogen and oxygen atoms in total. The summed E-state index contributed by atoms with van der Waals surface area (Å²) >= 11 is 0. The van der Waals surface area contributed by atoms with Crippen molar-refractivity contribution in [1.29, 1.82) is 0 Å². The summed E-state index contributed by atoms with van der Waals surface area (Å²) in [5, 5.41) is 12.5. The van der Waals surface area contributed by atoms with Gasteiger partial charge in [0.2, 0.25) is 0 Å². The first-order chi connectivity index (χ1) is 6.25. The zero-order valence-corrected chi connectivity index (χ0v) is 7.90. The second-order valence-electron chi connectivity index (χ2n) is 3.81. The first-order valence-corrected chi connectivity index (χ1v) is 4.77. The summed E-state index contributed by atoms with van der Waals surface area (Å²) in [4.78, 5) is 0. The SMILES string of the molecule is Cn1cccc1CNC1CC(O)C1. The zero-order chi connectivity index (χ0) is 9.26. The lowest BCUT2D eigenvalue weighted by atomic mass is 9.89. The summed E-state index contributed by atoms with van der Waals surface area (Å²) in [5.74, 6) is 0. The van der Waals surface area contributed by atoms with Crippen molar-refractivity contribution in [3.05, 3.63) is 24.0 Å². The van der Waals surface area contributed by atoms with Crippen LogP contribution in [0.2, 0.25) is 0 Å². The third kappa shape index (κ3) is 1.92. The van der Waals surface area contributed by atoms with Gasteiger partial charge in [-0.2, -0.15) is 0 Å². The van der Waals surface area contributed by atoms with Gasteiger partial charge in [0.15, 0.2) is 0 Å². The van der Waals surface area contributed by atoms with Crippen LogP contribution >= 0.6 is 0 Å². The predicted molar refractivity (Wildman–Crippen MR) is 51.3 cm³/mol. The maximum atomic E-state index is 9.08. The molecule has 2 N–H and O–H groups in total. The Kier molecular flexibility index (Phi) is 2.38. The van der Waals surface area contributed by atoms with E-state index in [0.717, 1.165) is 19.4 Å². The van der Waals surface area contributed by atoms with E-state index in [1.807, 2.05) is 19.3 Å². The molecule has 13 heavy (non-hydrogen) atoms. The van der Waals surface area contributed by atoms with Gasteiger partial charge in [-0.25, -0.2) is 0 Å². The number of hydrogen-bond donors (Lipinski definition) is 2.